The van der Waals surface area contributed by atoms with Crippen LogP contribution < -0.4 is 18.9 Å². The van der Waals surface area contributed by atoms with Crippen molar-refractivity contribution < 1.29 is 45.6 Å². The summed E-state index contributed by atoms with van der Waals surface area (Å²) in [5, 5.41) is 16.7. The predicted octanol–water partition coefficient (Wildman–Crippen LogP) is 5.58. The van der Waals surface area contributed by atoms with E-state index in [-0.39, 0.29) is 49.6 Å². The number of aliphatic hydroxyl groups excluding tert-OH is 1. The Bertz CT molecular complexity index is 2690. The fourth-order valence-corrected chi connectivity index (χ4v) is 8.97. The molecule has 0 bridgehead atoms. The van der Waals surface area contributed by atoms with Crippen LogP contribution in [-0.4, -0.2) is 102 Å². The zero-order valence-corrected chi connectivity index (χ0v) is 39.3. The first kappa shape index (κ1) is 49.7. The molecule has 0 aliphatic carbocycles. The van der Waals surface area contributed by atoms with Crippen molar-refractivity contribution in [3.05, 3.63) is 168 Å². The Labute approximate surface area is 391 Å². The lowest BCUT2D eigenvalue weighted by Crippen LogP contribution is -2.31. The molecule has 7 aromatic rings. The van der Waals surface area contributed by atoms with Crippen LogP contribution in [0.25, 0.3) is 0 Å². The molecular weight excluding hydrogens is 901 g/mol. The Morgan fingerprint density at radius 2 is 0.821 bits per heavy atom. The van der Waals surface area contributed by atoms with Gasteiger partial charge >= 0.3 is 0 Å². The Morgan fingerprint density at radius 3 is 1.15 bits per heavy atom. The van der Waals surface area contributed by atoms with Gasteiger partial charge in [-0.05, 0) is 76.3 Å². The molecule has 0 fully saturated rings. The number of aliphatic hydroxyl groups is 1. The molecule has 0 saturated heterocycles. The van der Waals surface area contributed by atoms with E-state index >= 15 is 0 Å². The van der Waals surface area contributed by atoms with Crippen LogP contribution in [0.15, 0.2) is 150 Å². The van der Waals surface area contributed by atoms with Gasteiger partial charge in [0.1, 0.15) is 35.7 Å². The molecule has 0 radical (unpaired) electrons. The molecule has 0 aliphatic heterocycles. The van der Waals surface area contributed by atoms with Gasteiger partial charge in [0, 0.05) is 26.2 Å². The van der Waals surface area contributed by atoms with E-state index in [9.17, 15) is 16.8 Å². The quantitative estimate of drug-likeness (QED) is 0.0779. The third-order valence-corrected chi connectivity index (χ3v) is 13.3. The summed E-state index contributed by atoms with van der Waals surface area (Å²) in [7, 11) is -1.65. The standard InChI is InChI=1S/C27H30N4O5S.C20H24N4O5S/c1-34-25-12-8-22(9-13-25)18-31(19-23-10-14-26(35-2)15-11-23)37(32,33)27-28-21-30(29-27)16-17-36-20-24-6-4-3-5-7-24;1-28-18-7-3-16(4-8-18)13-24(14-17-5-9-19(29-2)10-6-17)30(26,27)20-21-15-23(22-20)11-12-25/h3-15,21H,16-20H2,1-2H3;3-10,15,25H,11-14H2,1-2H3. The first-order chi connectivity index (χ1) is 32.4. The Kier molecular flexibility index (Phi) is 18.0. The second-order valence-electron chi connectivity index (χ2n) is 14.8. The summed E-state index contributed by atoms with van der Waals surface area (Å²) in [5.41, 5.74) is 4.28. The monoisotopic (exact) mass is 954 g/mol. The van der Waals surface area contributed by atoms with Crippen molar-refractivity contribution in [3.63, 3.8) is 0 Å². The van der Waals surface area contributed by atoms with E-state index in [4.69, 9.17) is 28.8 Å². The van der Waals surface area contributed by atoms with Gasteiger partial charge in [-0.2, -0.15) is 8.61 Å². The van der Waals surface area contributed by atoms with Gasteiger partial charge in [-0.15, -0.1) is 10.2 Å². The first-order valence-electron chi connectivity index (χ1n) is 21.0. The molecule has 0 saturated carbocycles. The van der Waals surface area contributed by atoms with Crippen molar-refractivity contribution in [2.45, 2.75) is 56.2 Å². The number of sulfonamides is 2. The molecule has 2 heterocycles. The molecule has 354 valence electrons. The van der Waals surface area contributed by atoms with Crippen molar-refractivity contribution in [1.29, 1.82) is 0 Å². The van der Waals surface area contributed by atoms with Crippen molar-refractivity contribution in [3.8, 4) is 23.0 Å². The molecule has 18 nitrogen and oxygen atoms in total. The molecule has 0 unspecified atom stereocenters. The number of rotatable bonds is 23. The van der Waals surface area contributed by atoms with Crippen LogP contribution in [0.5, 0.6) is 23.0 Å². The lowest BCUT2D eigenvalue weighted by molar-refractivity contribution is 0.110. The topological polar surface area (TPSA) is 203 Å². The van der Waals surface area contributed by atoms with Crippen LogP contribution in [0.2, 0.25) is 0 Å². The highest BCUT2D eigenvalue weighted by Gasteiger charge is 2.30. The van der Waals surface area contributed by atoms with Crippen LogP contribution in [0.4, 0.5) is 0 Å². The third kappa shape index (κ3) is 14.2. The van der Waals surface area contributed by atoms with E-state index in [1.165, 1.54) is 30.6 Å². The van der Waals surface area contributed by atoms with Gasteiger partial charge in [0.15, 0.2) is 0 Å². The number of methoxy groups -OCH3 is 4. The van der Waals surface area contributed by atoms with Crippen LogP contribution in [0, 0.1) is 0 Å². The van der Waals surface area contributed by atoms with E-state index < -0.39 is 20.0 Å². The maximum Gasteiger partial charge on any atom is 0.282 e. The van der Waals surface area contributed by atoms with Crippen molar-refractivity contribution in [2.24, 2.45) is 0 Å². The predicted molar refractivity (Wildman–Crippen MR) is 248 cm³/mol. The summed E-state index contributed by atoms with van der Waals surface area (Å²) in [6.45, 7) is 1.79. The van der Waals surface area contributed by atoms with E-state index in [2.05, 4.69) is 20.2 Å². The molecule has 20 heteroatoms. The van der Waals surface area contributed by atoms with Gasteiger partial charge in [-0.25, -0.2) is 36.2 Å². The average Bonchev–Trinajstić information content (AvgIpc) is 4.06. The fraction of sp³-hybridized carbons (Fsp3) is 0.277. The second-order valence-corrected chi connectivity index (χ2v) is 18.4. The first-order valence-corrected chi connectivity index (χ1v) is 23.9. The molecule has 0 amide bonds. The highest BCUT2D eigenvalue weighted by Crippen LogP contribution is 2.24. The van der Waals surface area contributed by atoms with Crippen LogP contribution in [0.3, 0.4) is 0 Å². The summed E-state index contributed by atoms with van der Waals surface area (Å²) in [5.74, 6) is 2.77. The molecular formula is C47H54N8O10S2. The molecule has 5 aromatic carbocycles. The maximum atomic E-state index is 13.6. The molecule has 7 rings (SSSR count). The molecule has 0 atom stereocenters. The Morgan fingerprint density at radius 1 is 0.478 bits per heavy atom. The van der Waals surface area contributed by atoms with E-state index in [0.29, 0.717) is 42.8 Å². The summed E-state index contributed by atoms with van der Waals surface area (Å²) in [6, 6.07) is 38.8. The molecule has 1 N–H and O–H groups in total. The minimum absolute atomic E-state index is 0.132. The minimum Gasteiger partial charge on any atom is -0.497 e. The van der Waals surface area contributed by atoms with Gasteiger partial charge in [0.25, 0.3) is 30.4 Å². The number of hydrogen-bond donors (Lipinski definition) is 1. The number of nitrogens with zero attached hydrogens (tertiary/aromatic N) is 8. The highest BCUT2D eigenvalue weighted by molar-refractivity contribution is 7.89. The SMILES string of the molecule is COc1ccc(CN(Cc2ccc(OC)cc2)S(=O)(=O)c2ncn(CCO)n2)cc1.COc1ccc(CN(Cc2ccc(OC)cc2)S(=O)(=O)c2ncn(CCOCc3ccccc3)n2)cc1. The minimum atomic E-state index is -3.99. The van der Waals surface area contributed by atoms with Crippen LogP contribution >= 0.6 is 0 Å². The van der Waals surface area contributed by atoms with Gasteiger partial charge < -0.3 is 28.8 Å². The van der Waals surface area contributed by atoms with Crippen molar-refractivity contribution in [2.75, 3.05) is 41.7 Å². The van der Waals surface area contributed by atoms with Gasteiger partial charge in [-0.1, -0.05) is 78.9 Å². The average molecular weight is 955 g/mol. The van der Waals surface area contributed by atoms with Gasteiger partial charge in [-0.3, -0.25) is 0 Å². The molecule has 2 aromatic heterocycles. The summed E-state index contributed by atoms with van der Waals surface area (Å²) >= 11 is 0. The lowest BCUT2D eigenvalue weighted by Gasteiger charge is -2.21. The normalized spacial score (nSPS) is 11.6. The number of ether oxygens (including phenoxy) is 5. The zero-order valence-electron chi connectivity index (χ0n) is 37.7. The summed E-state index contributed by atoms with van der Waals surface area (Å²) in [4.78, 5) is 8.05. The summed E-state index contributed by atoms with van der Waals surface area (Å²) in [6.07, 6.45) is 2.71. The zero-order chi connectivity index (χ0) is 47.7. The largest absolute Gasteiger partial charge is 0.497 e. The Hall–Kier alpha value is -6.68. The van der Waals surface area contributed by atoms with Crippen LogP contribution in [-0.2, 0) is 70.7 Å². The fourth-order valence-electron chi connectivity index (χ4n) is 6.45. The van der Waals surface area contributed by atoms with Crippen molar-refractivity contribution >= 4 is 20.0 Å². The molecule has 0 spiro atoms. The highest BCUT2D eigenvalue weighted by atomic mass is 32.2. The Balaban J connectivity index is 0.000000226. The number of hydrogen-bond acceptors (Lipinski definition) is 14. The molecule has 67 heavy (non-hydrogen) atoms. The third-order valence-electron chi connectivity index (χ3n) is 10.1. The van der Waals surface area contributed by atoms with E-state index in [1.807, 2.05) is 78.9 Å². The maximum absolute atomic E-state index is 13.6. The number of aromatic nitrogens is 6. The molecule has 0 aliphatic rings. The second kappa shape index (κ2) is 24.2. The smallest absolute Gasteiger partial charge is 0.282 e. The number of benzene rings is 5. The van der Waals surface area contributed by atoms with Crippen LogP contribution in [0.1, 0.15) is 27.8 Å². The van der Waals surface area contributed by atoms with Crippen molar-refractivity contribution in [1.82, 2.24) is 38.1 Å². The summed E-state index contributed by atoms with van der Waals surface area (Å²) < 4.78 is 85.7. The van der Waals surface area contributed by atoms with E-state index in [0.717, 1.165) is 27.8 Å². The lowest BCUT2D eigenvalue weighted by atomic mass is 10.2. The van der Waals surface area contributed by atoms with E-state index in [1.54, 1.807) is 77.0 Å². The van der Waals surface area contributed by atoms with Gasteiger partial charge in [0.05, 0.1) is 61.3 Å². The van der Waals surface area contributed by atoms with Gasteiger partial charge in [0.2, 0.25) is 0 Å².